The zero-order valence-corrected chi connectivity index (χ0v) is 15.7. The molecule has 0 aromatic carbocycles. The number of hydrogen-bond donors (Lipinski definition) is 4. The Kier molecular flexibility index (Phi) is 10.5. The van der Waals surface area contributed by atoms with Gasteiger partial charge in [0.1, 0.15) is 0 Å². The summed E-state index contributed by atoms with van der Waals surface area (Å²) in [5.41, 5.74) is 0. The van der Waals surface area contributed by atoms with Gasteiger partial charge in [0, 0.05) is 13.5 Å². The second kappa shape index (κ2) is 11.2. The van der Waals surface area contributed by atoms with E-state index in [0.717, 1.165) is 0 Å². The number of hydrogen-bond acceptors (Lipinski definition) is 6. The van der Waals surface area contributed by atoms with E-state index < -0.39 is 42.5 Å². The van der Waals surface area contributed by atoms with E-state index >= 15 is 0 Å². The molecular weight excluding hydrogens is 328 g/mol. The molecule has 8 nitrogen and oxygen atoms in total. The molecule has 1 amide bonds. The standard InChI is InChI=1S/C17H32N2O6/c1-10(7-6-8-11(2)20)15(13(21)9-14(22)17(24)25)19(5)16(23)12(3)18-4/h10-12,14-15,18,20,22H,6-9H2,1-5H3,(H,24,25)/t10-,11?,12-,14?,15-/m0/s1. The molecule has 0 rings (SSSR count). The summed E-state index contributed by atoms with van der Waals surface area (Å²) in [6.45, 7) is 5.16. The predicted molar refractivity (Wildman–Crippen MR) is 93.0 cm³/mol. The van der Waals surface area contributed by atoms with Gasteiger partial charge >= 0.3 is 5.97 Å². The first-order valence-corrected chi connectivity index (χ1v) is 8.58. The molecule has 2 unspecified atom stereocenters. The van der Waals surface area contributed by atoms with Gasteiger partial charge in [-0.05, 0) is 39.7 Å². The third kappa shape index (κ3) is 7.94. The van der Waals surface area contributed by atoms with Crippen LogP contribution in [0.2, 0.25) is 0 Å². The Hall–Kier alpha value is -1.51. The molecule has 0 fully saturated rings. The molecule has 25 heavy (non-hydrogen) atoms. The number of Topliss-reactive ketones (excluding diaryl/α,β-unsaturated/α-hetero) is 1. The van der Waals surface area contributed by atoms with Crippen molar-refractivity contribution in [1.82, 2.24) is 10.2 Å². The molecule has 4 N–H and O–H groups in total. The number of carbonyl (C=O) groups excluding carboxylic acids is 2. The van der Waals surface area contributed by atoms with Gasteiger partial charge in [-0.3, -0.25) is 9.59 Å². The Balaban J connectivity index is 5.24. The highest BCUT2D eigenvalue weighted by Gasteiger charge is 2.34. The lowest BCUT2D eigenvalue weighted by molar-refractivity contribution is -0.150. The third-order valence-electron chi connectivity index (χ3n) is 4.40. The van der Waals surface area contributed by atoms with Crippen LogP contribution >= 0.6 is 0 Å². The summed E-state index contributed by atoms with van der Waals surface area (Å²) in [6.07, 6.45) is -0.937. The smallest absolute Gasteiger partial charge is 0.332 e. The van der Waals surface area contributed by atoms with Gasteiger partial charge in [0.25, 0.3) is 0 Å². The number of rotatable bonds is 12. The van der Waals surface area contributed by atoms with Crippen molar-refractivity contribution in [1.29, 1.82) is 0 Å². The minimum atomic E-state index is -1.79. The monoisotopic (exact) mass is 360 g/mol. The number of nitrogens with zero attached hydrogens (tertiary/aromatic N) is 1. The number of aliphatic hydroxyl groups is 2. The maximum Gasteiger partial charge on any atom is 0.332 e. The van der Waals surface area contributed by atoms with Gasteiger partial charge in [-0.15, -0.1) is 0 Å². The van der Waals surface area contributed by atoms with Crippen LogP contribution in [-0.4, -0.2) is 76.3 Å². The van der Waals surface area contributed by atoms with Crippen molar-refractivity contribution >= 4 is 17.7 Å². The van der Waals surface area contributed by atoms with Crippen molar-refractivity contribution in [3.8, 4) is 0 Å². The highest BCUT2D eigenvalue weighted by atomic mass is 16.4. The fourth-order valence-corrected chi connectivity index (χ4v) is 2.77. The molecule has 0 bridgehead atoms. The minimum Gasteiger partial charge on any atom is -0.479 e. The van der Waals surface area contributed by atoms with Crippen LogP contribution in [0.25, 0.3) is 0 Å². The van der Waals surface area contributed by atoms with Gasteiger partial charge in [-0.1, -0.05) is 13.3 Å². The highest BCUT2D eigenvalue weighted by molar-refractivity contribution is 5.93. The van der Waals surface area contributed by atoms with E-state index in [-0.39, 0.29) is 11.8 Å². The Morgan fingerprint density at radius 1 is 1.08 bits per heavy atom. The fraction of sp³-hybridized carbons (Fsp3) is 0.824. The quantitative estimate of drug-likeness (QED) is 0.386. The average Bonchev–Trinajstić information content (AvgIpc) is 2.52. The Labute approximate surface area is 149 Å². The summed E-state index contributed by atoms with van der Waals surface area (Å²) in [5, 5.41) is 30.5. The lowest BCUT2D eigenvalue weighted by atomic mass is 9.88. The van der Waals surface area contributed by atoms with Crippen LogP contribution < -0.4 is 5.32 Å². The van der Waals surface area contributed by atoms with E-state index in [9.17, 15) is 24.6 Å². The molecule has 0 spiro atoms. The second-order valence-corrected chi connectivity index (χ2v) is 6.69. The Morgan fingerprint density at radius 2 is 1.64 bits per heavy atom. The molecular formula is C17H32N2O6. The summed E-state index contributed by atoms with van der Waals surface area (Å²) >= 11 is 0. The number of likely N-dealkylation sites (N-methyl/N-ethyl adjacent to an activating group) is 2. The molecule has 146 valence electrons. The Bertz CT molecular complexity index is 454. The first kappa shape index (κ1) is 23.5. The maximum absolute atomic E-state index is 12.6. The van der Waals surface area contributed by atoms with Crippen molar-refractivity contribution in [3.63, 3.8) is 0 Å². The molecule has 5 atom stereocenters. The van der Waals surface area contributed by atoms with Crippen LogP contribution in [0.5, 0.6) is 0 Å². The van der Waals surface area contributed by atoms with Gasteiger partial charge in [0.2, 0.25) is 5.91 Å². The molecule has 0 saturated carbocycles. The van der Waals surface area contributed by atoms with E-state index in [4.69, 9.17) is 5.11 Å². The molecule has 0 radical (unpaired) electrons. The normalized spacial score (nSPS) is 17.2. The molecule has 0 saturated heterocycles. The molecule has 0 aliphatic heterocycles. The van der Waals surface area contributed by atoms with E-state index in [1.54, 1.807) is 20.9 Å². The van der Waals surface area contributed by atoms with Crippen LogP contribution in [-0.2, 0) is 14.4 Å². The fourth-order valence-electron chi connectivity index (χ4n) is 2.77. The molecule has 0 aliphatic carbocycles. The topological polar surface area (TPSA) is 127 Å². The van der Waals surface area contributed by atoms with Crippen molar-refractivity contribution in [3.05, 3.63) is 0 Å². The van der Waals surface area contributed by atoms with Crippen molar-refractivity contribution < 1.29 is 29.7 Å². The maximum atomic E-state index is 12.6. The molecule has 0 aromatic rings. The largest absolute Gasteiger partial charge is 0.479 e. The number of aliphatic carboxylic acids is 1. The minimum absolute atomic E-state index is 0.231. The van der Waals surface area contributed by atoms with Crippen LogP contribution in [0.3, 0.4) is 0 Å². The van der Waals surface area contributed by atoms with E-state index in [0.29, 0.717) is 19.3 Å². The van der Waals surface area contributed by atoms with Gasteiger partial charge in [0.15, 0.2) is 11.9 Å². The number of aliphatic hydroxyl groups excluding tert-OH is 2. The van der Waals surface area contributed by atoms with Crippen molar-refractivity contribution in [2.75, 3.05) is 14.1 Å². The van der Waals surface area contributed by atoms with E-state index in [2.05, 4.69) is 5.32 Å². The van der Waals surface area contributed by atoms with Crippen molar-refractivity contribution in [2.24, 2.45) is 5.92 Å². The Morgan fingerprint density at radius 3 is 2.08 bits per heavy atom. The summed E-state index contributed by atoms with van der Waals surface area (Å²) in [7, 11) is 3.14. The second-order valence-electron chi connectivity index (χ2n) is 6.69. The van der Waals surface area contributed by atoms with Gasteiger partial charge in [0.05, 0.1) is 18.2 Å². The van der Waals surface area contributed by atoms with E-state index in [1.165, 1.54) is 11.9 Å². The number of carboxylic acid groups (broad SMARTS) is 1. The lowest BCUT2D eigenvalue weighted by Crippen LogP contribution is -2.52. The summed E-state index contributed by atoms with van der Waals surface area (Å²) in [6, 6.07) is -1.32. The number of nitrogens with one attached hydrogen (secondary N) is 1. The highest BCUT2D eigenvalue weighted by Crippen LogP contribution is 2.21. The summed E-state index contributed by atoms with van der Waals surface area (Å²) in [4.78, 5) is 37.1. The number of carboxylic acids is 1. The lowest BCUT2D eigenvalue weighted by Gasteiger charge is -2.34. The number of amides is 1. The van der Waals surface area contributed by atoms with Crippen LogP contribution in [0.15, 0.2) is 0 Å². The summed E-state index contributed by atoms with van der Waals surface area (Å²) < 4.78 is 0. The van der Waals surface area contributed by atoms with Crippen LogP contribution in [0.1, 0.15) is 46.5 Å². The number of carbonyl (C=O) groups is 3. The van der Waals surface area contributed by atoms with Crippen molar-refractivity contribution in [2.45, 2.75) is 70.7 Å². The molecule has 0 aromatic heterocycles. The predicted octanol–water partition coefficient (Wildman–Crippen LogP) is 0.0132. The molecule has 0 heterocycles. The molecule has 8 heteroatoms. The van der Waals surface area contributed by atoms with Crippen LogP contribution in [0, 0.1) is 5.92 Å². The summed E-state index contributed by atoms with van der Waals surface area (Å²) in [5.74, 6) is -2.47. The first-order valence-electron chi connectivity index (χ1n) is 8.58. The number of ketones is 1. The SMILES string of the molecule is CN[C@@H](C)C(=O)N(C)[C@H](C(=O)CC(O)C(=O)O)[C@@H](C)CCCC(C)O. The van der Waals surface area contributed by atoms with Crippen LogP contribution in [0.4, 0.5) is 0 Å². The first-order chi connectivity index (χ1) is 11.5. The van der Waals surface area contributed by atoms with Gasteiger partial charge < -0.3 is 25.5 Å². The molecule has 0 aliphatic rings. The van der Waals surface area contributed by atoms with E-state index in [1.807, 2.05) is 6.92 Å². The van der Waals surface area contributed by atoms with Gasteiger partial charge in [-0.2, -0.15) is 0 Å². The van der Waals surface area contributed by atoms with Gasteiger partial charge in [-0.25, -0.2) is 4.79 Å². The zero-order valence-electron chi connectivity index (χ0n) is 15.7. The third-order valence-corrected chi connectivity index (χ3v) is 4.40. The average molecular weight is 360 g/mol. The zero-order chi connectivity index (χ0) is 19.7.